The van der Waals surface area contributed by atoms with E-state index in [2.05, 4.69) is 16.3 Å². The van der Waals surface area contributed by atoms with E-state index in [1.54, 1.807) is 7.11 Å². The van der Waals surface area contributed by atoms with Crippen molar-refractivity contribution in [2.75, 3.05) is 7.11 Å². The second-order valence-electron chi connectivity index (χ2n) is 7.21. The molecule has 3 N–H and O–H groups in total. The van der Waals surface area contributed by atoms with Gasteiger partial charge in [0.2, 0.25) is 11.8 Å². The fourth-order valence-corrected chi connectivity index (χ4v) is 3.59. The molecular weight excluding hydrogens is 380 g/mol. The zero-order valence-electron chi connectivity index (χ0n) is 17.0. The molecule has 0 saturated heterocycles. The maximum Gasteiger partial charge on any atom is 0.244 e. The number of H-pyrrole nitrogens is 1. The molecule has 1 aliphatic rings. The van der Waals surface area contributed by atoms with Gasteiger partial charge in [0.25, 0.3) is 0 Å². The van der Waals surface area contributed by atoms with Gasteiger partial charge in [-0.2, -0.15) is 5.26 Å². The molecule has 0 aliphatic carbocycles. The number of nitrogens with zero attached hydrogens (tertiary/aromatic N) is 2. The minimum Gasteiger partial charge on any atom is -0.497 e. The summed E-state index contributed by atoms with van der Waals surface area (Å²) in [6.45, 7) is 3.95. The summed E-state index contributed by atoms with van der Waals surface area (Å²) < 4.78 is 16.8. The van der Waals surface area contributed by atoms with Gasteiger partial charge in [0.1, 0.15) is 23.1 Å². The van der Waals surface area contributed by atoms with Gasteiger partial charge in [0.15, 0.2) is 0 Å². The normalized spacial score (nSPS) is 15.4. The van der Waals surface area contributed by atoms with E-state index in [0.717, 1.165) is 33.9 Å². The van der Waals surface area contributed by atoms with Gasteiger partial charge in [-0.15, -0.1) is 5.10 Å². The van der Waals surface area contributed by atoms with Crippen LogP contribution < -0.4 is 19.9 Å². The van der Waals surface area contributed by atoms with Gasteiger partial charge in [-0.1, -0.05) is 24.3 Å². The zero-order valence-corrected chi connectivity index (χ0v) is 17.0. The highest BCUT2D eigenvalue weighted by Crippen LogP contribution is 2.46. The number of rotatable bonds is 5. The molecule has 0 amide bonds. The molecule has 2 heterocycles. The maximum atomic E-state index is 9.83. The topological polar surface area (TPSA) is 106 Å². The van der Waals surface area contributed by atoms with Gasteiger partial charge >= 0.3 is 0 Å². The van der Waals surface area contributed by atoms with Crippen LogP contribution in [0.5, 0.6) is 17.4 Å². The Morgan fingerprint density at radius 1 is 1.17 bits per heavy atom. The lowest BCUT2D eigenvalue weighted by Gasteiger charge is -2.24. The van der Waals surface area contributed by atoms with Crippen molar-refractivity contribution < 1.29 is 14.2 Å². The molecule has 1 atom stereocenters. The molecule has 1 aliphatic heterocycles. The summed E-state index contributed by atoms with van der Waals surface area (Å²) in [7, 11) is 1.62. The summed E-state index contributed by atoms with van der Waals surface area (Å²) in [5, 5.41) is 17.2. The Hall–Kier alpha value is -3.92. The molecule has 1 aromatic heterocycles. The number of hydrogen-bond donors (Lipinski definition) is 2. The molecule has 1 unspecified atom stereocenters. The first-order valence-electron chi connectivity index (χ1n) is 9.58. The van der Waals surface area contributed by atoms with Gasteiger partial charge in [-0.05, 0) is 43.7 Å². The van der Waals surface area contributed by atoms with E-state index in [1.165, 1.54) is 0 Å². The SMILES string of the molecule is COc1cccc(-c2[nH]nc3c2C(c2ccc(OC(C)C)cc2)C(C#N)=C(N)O3)c1. The number of methoxy groups -OCH3 is 1. The van der Waals surface area contributed by atoms with Crippen molar-refractivity contribution in [3.8, 4) is 34.7 Å². The van der Waals surface area contributed by atoms with Crippen LogP contribution in [0.4, 0.5) is 0 Å². The van der Waals surface area contributed by atoms with Gasteiger partial charge in [-0.3, -0.25) is 5.10 Å². The third-order valence-electron chi connectivity index (χ3n) is 4.88. The van der Waals surface area contributed by atoms with Crippen molar-refractivity contribution in [3.05, 3.63) is 71.1 Å². The van der Waals surface area contributed by atoms with Crippen LogP contribution >= 0.6 is 0 Å². The van der Waals surface area contributed by atoms with Gasteiger partial charge < -0.3 is 19.9 Å². The smallest absolute Gasteiger partial charge is 0.244 e. The standard InChI is InChI=1S/C23H22N4O3/c1-13(2)29-16-9-7-14(8-10-16)19-18(12-24)22(25)30-23-20(19)21(26-27-23)15-5-4-6-17(11-15)28-3/h4-11,13,19H,25H2,1-3H3,(H,26,27). The average molecular weight is 402 g/mol. The molecule has 0 fully saturated rings. The molecule has 0 bridgehead atoms. The molecule has 7 nitrogen and oxygen atoms in total. The Labute approximate surface area is 174 Å². The minimum absolute atomic E-state index is 0.0567. The molecule has 3 aromatic rings. The number of aromatic amines is 1. The van der Waals surface area contributed by atoms with Gasteiger partial charge in [0, 0.05) is 5.56 Å². The third kappa shape index (κ3) is 3.44. The fraction of sp³-hybridized carbons (Fsp3) is 0.217. The van der Waals surface area contributed by atoms with E-state index < -0.39 is 5.92 Å². The molecule has 7 heteroatoms. The van der Waals surface area contributed by atoms with Crippen molar-refractivity contribution in [2.45, 2.75) is 25.9 Å². The van der Waals surface area contributed by atoms with Crippen molar-refractivity contribution in [1.82, 2.24) is 10.2 Å². The highest BCUT2D eigenvalue weighted by Gasteiger charge is 2.35. The fourth-order valence-electron chi connectivity index (χ4n) is 3.59. The lowest BCUT2D eigenvalue weighted by Crippen LogP contribution is -2.21. The predicted octanol–water partition coefficient (Wildman–Crippen LogP) is 4.09. The minimum atomic E-state index is -0.424. The molecule has 30 heavy (non-hydrogen) atoms. The van der Waals surface area contributed by atoms with Crippen molar-refractivity contribution in [2.24, 2.45) is 5.73 Å². The van der Waals surface area contributed by atoms with E-state index in [1.807, 2.05) is 62.4 Å². The number of nitrogens with one attached hydrogen (secondary N) is 1. The molecule has 152 valence electrons. The first-order chi connectivity index (χ1) is 14.5. The average Bonchev–Trinajstić information content (AvgIpc) is 3.16. The van der Waals surface area contributed by atoms with E-state index in [9.17, 15) is 5.26 Å². The number of benzene rings is 2. The second kappa shape index (κ2) is 7.84. The van der Waals surface area contributed by atoms with Crippen LogP contribution in [0, 0.1) is 11.3 Å². The van der Waals surface area contributed by atoms with Crippen LogP contribution in [0.2, 0.25) is 0 Å². The highest BCUT2D eigenvalue weighted by atomic mass is 16.5. The summed E-state index contributed by atoms with van der Waals surface area (Å²) in [6.07, 6.45) is 0.0734. The summed E-state index contributed by atoms with van der Waals surface area (Å²) in [4.78, 5) is 0. The number of ether oxygens (including phenoxy) is 3. The largest absolute Gasteiger partial charge is 0.497 e. The van der Waals surface area contributed by atoms with Gasteiger partial charge in [-0.25, -0.2) is 0 Å². The monoisotopic (exact) mass is 402 g/mol. The van der Waals surface area contributed by atoms with Crippen LogP contribution in [0.1, 0.15) is 30.9 Å². The van der Waals surface area contributed by atoms with Crippen LogP contribution in [0.3, 0.4) is 0 Å². The van der Waals surface area contributed by atoms with Crippen LogP contribution in [0.25, 0.3) is 11.3 Å². The lowest BCUT2D eigenvalue weighted by atomic mass is 9.83. The summed E-state index contributed by atoms with van der Waals surface area (Å²) >= 11 is 0. The highest BCUT2D eigenvalue weighted by molar-refractivity contribution is 5.71. The number of allylic oxidation sites excluding steroid dienone is 1. The van der Waals surface area contributed by atoms with Crippen LogP contribution in [-0.4, -0.2) is 23.4 Å². The number of nitriles is 1. The van der Waals surface area contributed by atoms with Crippen molar-refractivity contribution >= 4 is 0 Å². The predicted molar refractivity (Wildman–Crippen MR) is 112 cm³/mol. The van der Waals surface area contributed by atoms with Crippen molar-refractivity contribution in [3.63, 3.8) is 0 Å². The van der Waals surface area contributed by atoms with E-state index in [-0.39, 0.29) is 12.0 Å². The molecule has 0 radical (unpaired) electrons. The summed E-state index contributed by atoms with van der Waals surface area (Å²) in [5.74, 6) is 1.47. The Bertz CT molecular complexity index is 1140. The quantitative estimate of drug-likeness (QED) is 0.666. The molecule has 2 aromatic carbocycles. The maximum absolute atomic E-state index is 9.83. The van der Waals surface area contributed by atoms with E-state index in [0.29, 0.717) is 11.5 Å². The van der Waals surface area contributed by atoms with Gasteiger partial charge in [0.05, 0.1) is 30.4 Å². The molecular formula is C23H22N4O3. The first-order valence-corrected chi connectivity index (χ1v) is 9.58. The summed E-state index contributed by atoms with van der Waals surface area (Å²) in [6, 6.07) is 17.5. The third-order valence-corrected chi connectivity index (χ3v) is 4.88. The number of nitrogens with two attached hydrogens (primary N) is 1. The first kappa shape index (κ1) is 19.4. The molecule has 0 saturated carbocycles. The summed E-state index contributed by atoms with van der Waals surface area (Å²) in [5.41, 5.74) is 9.66. The number of fused-ring (bicyclic) bond motifs is 1. The van der Waals surface area contributed by atoms with E-state index >= 15 is 0 Å². The Morgan fingerprint density at radius 2 is 1.93 bits per heavy atom. The van der Waals surface area contributed by atoms with Crippen LogP contribution in [-0.2, 0) is 0 Å². The molecule has 0 spiro atoms. The Kier molecular flexibility index (Phi) is 5.07. The van der Waals surface area contributed by atoms with Crippen LogP contribution in [0.15, 0.2) is 60.0 Å². The second-order valence-corrected chi connectivity index (χ2v) is 7.21. The lowest BCUT2D eigenvalue weighted by molar-refractivity contribution is 0.242. The Balaban J connectivity index is 1.84. The number of aromatic nitrogens is 2. The molecule has 4 rings (SSSR count). The zero-order chi connectivity index (χ0) is 21.3. The number of hydrogen-bond acceptors (Lipinski definition) is 6. The van der Waals surface area contributed by atoms with E-state index in [4.69, 9.17) is 19.9 Å². The Morgan fingerprint density at radius 3 is 2.60 bits per heavy atom. The van der Waals surface area contributed by atoms with Crippen molar-refractivity contribution in [1.29, 1.82) is 5.26 Å².